The maximum atomic E-state index is 8.73. The average molecular weight is 234 g/mol. The maximum absolute atomic E-state index is 8.73. The topological polar surface area (TPSA) is 64.1 Å². The van der Waals surface area contributed by atoms with Gasteiger partial charge in [-0.3, -0.25) is 4.68 Å². The van der Waals surface area contributed by atoms with E-state index in [4.69, 9.17) is 10.8 Å². The fourth-order valence-electron chi connectivity index (χ4n) is 0.992. The van der Waals surface area contributed by atoms with E-state index in [0.717, 1.165) is 10.3 Å². The van der Waals surface area contributed by atoms with Crippen molar-refractivity contribution in [2.45, 2.75) is 12.5 Å². The molecule has 0 aromatic carbocycles. The van der Waals surface area contributed by atoms with Gasteiger partial charge in [0.05, 0.1) is 6.61 Å². The second-order valence-electron chi connectivity index (χ2n) is 2.73. The molecule has 0 spiro atoms. The molecule has 1 atom stereocenters. The molecule has 1 unspecified atom stereocenters. The zero-order chi connectivity index (χ0) is 9.14. The van der Waals surface area contributed by atoms with Crippen molar-refractivity contribution in [3.05, 3.63) is 16.4 Å². The summed E-state index contributed by atoms with van der Waals surface area (Å²) in [7, 11) is 1.85. The Labute approximate surface area is 79.5 Å². The third-order valence-electron chi connectivity index (χ3n) is 1.65. The third kappa shape index (κ3) is 2.30. The molecule has 0 bridgehead atoms. The van der Waals surface area contributed by atoms with Crippen molar-refractivity contribution in [3.8, 4) is 0 Å². The molecule has 1 rings (SSSR count). The van der Waals surface area contributed by atoms with Gasteiger partial charge >= 0.3 is 0 Å². The average Bonchev–Trinajstić information content (AvgIpc) is 2.30. The predicted octanol–water partition coefficient (Wildman–Crippen LogP) is 0.0447. The maximum Gasteiger partial charge on any atom is 0.128 e. The molecule has 0 fully saturated rings. The molecule has 0 saturated heterocycles. The van der Waals surface area contributed by atoms with E-state index >= 15 is 0 Å². The van der Waals surface area contributed by atoms with Crippen LogP contribution < -0.4 is 5.73 Å². The monoisotopic (exact) mass is 233 g/mol. The lowest BCUT2D eigenvalue weighted by Gasteiger charge is -2.06. The van der Waals surface area contributed by atoms with Gasteiger partial charge < -0.3 is 10.8 Å². The minimum Gasteiger partial charge on any atom is -0.395 e. The van der Waals surface area contributed by atoms with E-state index in [1.807, 2.05) is 13.1 Å². The Kier molecular flexibility index (Phi) is 3.25. The van der Waals surface area contributed by atoms with Crippen molar-refractivity contribution in [2.75, 3.05) is 6.61 Å². The molecule has 0 saturated carbocycles. The number of aliphatic hydroxyl groups is 1. The molecule has 0 aliphatic rings. The summed E-state index contributed by atoms with van der Waals surface area (Å²) in [5, 5.41) is 12.8. The van der Waals surface area contributed by atoms with Crippen molar-refractivity contribution in [1.29, 1.82) is 0 Å². The van der Waals surface area contributed by atoms with E-state index in [1.54, 1.807) is 4.68 Å². The molecule has 12 heavy (non-hydrogen) atoms. The van der Waals surface area contributed by atoms with E-state index in [-0.39, 0.29) is 12.6 Å². The van der Waals surface area contributed by atoms with Crippen molar-refractivity contribution >= 4 is 15.9 Å². The van der Waals surface area contributed by atoms with Crippen LogP contribution in [0.15, 0.2) is 10.7 Å². The molecule has 5 heteroatoms. The number of aliphatic hydroxyl groups excluding tert-OH is 1. The van der Waals surface area contributed by atoms with Crippen molar-refractivity contribution in [1.82, 2.24) is 9.78 Å². The summed E-state index contributed by atoms with van der Waals surface area (Å²) >= 11 is 3.26. The zero-order valence-electron chi connectivity index (χ0n) is 6.87. The summed E-state index contributed by atoms with van der Waals surface area (Å²) in [6, 6.07) is 1.70. The third-order valence-corrected chi connectivity index (χ3v) is 2.04. The number of nitrogens with zero attached hydrogens (tertiary/aromatic N) is 2. The van der Waals surface area contributed by atoms with Crippen LogP contribution in [0.1, 0.15) is 5.69 Å². The number of hydrogen-bond donors (Lipinski definition) is 2. The Morgan fingerprint density at radius 1 is 1.83 bits per heavy atom. The van der Waals surface area contributed by atoms with Crippen LogP contribution in [0.5, 0.6) is 0 Å². The molecule has 1 aromatic heterocycles. The van der Waals surface area contributed by atoms with Gasteiger partial charge in [-0.1, -0.05) is 0 Å². The number of aromatic nitrogens is 2. The second-order valence-corrected chi connectivity index (χ2v) is 3.54. The van der Waals surface area contributed by atoms with Crippen LogP contribution in [-0.2, 0) is 13.5 Å². The first-order valence-electron chi connectivity index (χ1n) is 3.68. The van der Waals surface area contributed by atoms with Gasteiger partial charge in [0, 0.05) is 25.2 Å². The summed E-state index contributed by atoms with van der Waals surface area (Å²) in [5.41, 5.74) is 6.59. The SMILES string of the molecule is Cn1nc(Br)cc1CC(N)CO. The number of aryl methyl sites for hydroxylation is 1. The van der Waals surface area contributed by atoms with Gasteiger partial charge in [0.25, 0.3) is 0 Å². The number of hydrogen-bond acceptors (Lipinski definition) is 3. The molecular weight excluding hydrogens is 222 g/mol. The van der Waals surface area contributed by atoms with E-state index in [0.29, 0.717) is 6.42 Å². The molecule has 0 amide bonds. The predicted molar refractivity (Wildman–Crippen MR) is 49.7 cm³/mol. The quantitative estimate of drug-likeness (QED) is 0.776. The first kappa shape index (κ1) is 9.70. The highest BCUT2D eigenvalue weighted by atomic mass is 79.9. The molecule has 0 radical (unpaired) electrons. The minimum absolute atomic E-state index is 0.00278. The van der Waals surface area contributed by atoms with Crippen LogP contribution in [0.25, 0.3) is 0 Å². The smallest absolute Gasteiger partial charge is 0.128 e. The van der Waals surface area contributed by atoms with Crippen molar-refractivity contribution in [3.63, 3.8) is 0 Å². The Morgan fingerprint density at radius 2 is 2.50 bits per heavy atom. The Balaban J connectivity index is 2.68. The van der Waals surface area contributed by atoms with Gasteiger partial charge in [-0.15, -0.1) is 0 Å². The molecule has 3 N–H and O–H groups in total. The van der Waals surface area contributed by atoms with E-state index in [1.165, 1.54) is 0 Å². The minimum atomic E-state index is -0.202. The number of nitrogens with two attached hydrogens (primary N) is 1. The van der Waals surface area contributed by atoms with Crippen LogP contribution in [0.3, 0.4) is 0 Å². The fourth-order valence-corrected chi connectivity index (χ4v) is 1.49. The summed E-state index contributed by atoms with van der Waals surface area (Å²) < 4.78 is 2.55. The van der Waals surface area contributed by atoms with Crippen molar-refractivity contribution < 1.29 is 5.11 Å². The highest BCUT2D eigenvalue weighted by molar-refractivity contribution is 9.10. The first-order valence-corrected chi connectivity index (χ1v) is 4.47. The molecule has 0 aliphatic heterocycles. The van der Waals surface area contributed by atoms with Gasteiger partial charge in [0.2, 0.25) is 0 Å². The summed E-state index contributed by atoms with van der Waals surface area (Å²) in [6.07, 6.45) is 0.644. The van der Waals surface area contributed by atoms with E-state index in [2.05, 4.69) is 21.0 Å². The van der Waals surface area contributed by atoms with Gasteiger partial charge in [-0.05, 0) is 22.0 Å². The van der Waals surface area contributed by atoms with Crippen LogP contribution in [-0.4, -0.2) is 27.5 Å². The summed E-state index contributed by atoms with van der Waals surface area (Å²) in [4.78, 5) is 0. The highest BCUT2D eigenvalue weighted by Gasteiger charge is 2.07. The molecule has 1 heterocycles. The second kappa shape index (κ2) is 4.02. The first-order chi connectivity index (χ1) is 5.63. The molecule has 4 nitrogen and oxygen atoms in total. The van der Waals surface area contributed by atoms with Gasteiger partial charge in [-0.25, -0.2) is 0 Å². The fraction of sp³-hybridized carbons (Fsp3) is 0.571. The lowest BCUT2D eigenvalue weighted by molar-refractivity contribution is 0.264. The summed E-state index contributed by atoms with van der Waals surface area (Å²) in [5.74, 6) is 0. The van der Waals surface area contributed by atoms with Crippen LogP contribution in [0.4, 0.5) is 0 Å². The highest BCUT2D eigenvalue weighted by Crippen LogP contribution is 2.10. The van der Waals surface area contributed by atoms with Crippen molar-refractivity contribution in [2.24, 2.45) is 12.8 Å². The zero-order valence-corrected chi connectivity index (χ0v) is 8.45. The Hall–Kier alpha value is -0.390. The molecular formula is C7H12BrN3O. The standard InChI is InChI=1S/C7H12BrN3O/c1-11-6(2-5(9)4-12)3-7(8)10-11/h3,5,12H,2,4,9H2,1H3. The Bertz CT molecular complexity index is 261. The van der Waals surface area contributed by atoms with Crippen LogP contribution in [0, 0.1) is 0 Å². The Morgan fingerprint density at radius 3 is 2.92 bits per heavy atom. The lowest BCUT2D eigenvalue weighted by atomic mass is 10.2. The summed E-state index contributed by atoms with van der Waals surface area (Å²) in [6.45, 7) is 0.00278. The molecule has 68 valence electrons. The normalized spacial score (nSPS) is 13.3. The molecule has 0 aliphatic carbocycles. The van der Waals surface area contributed by atoms with Crippen LogP contribution in [0.2, 0.25) is 0 Å². The van der Waals surface area contributed by atoms with E-state index < -0.39 is 0 Å². The van der Waals surface area contributed by atoms with Crippen LogP contribution >= 0.6 is 15.9 Å². The van der Waals surface area contributed by atoms with Gasteiger partial charge in [0.15, 0.2) is 0 Å². The lowest BCUT2D eigenvalue weighted by Crippen LogP contribution is -2.27. The molecule has 1 aromatic rings. The number of rotatable bonds is 3. The largest absolute Gasteiger partial charge is 0.395 e. The van der Waals surface area contributed by atoms with Gasteiger partial charge in [0.1, 0.15) is 4.60 Å². The number of halogens is 1. The van der Waals surface area contributed by atoms with Gasteiger partial charge in [-0.2, -0.15) is 5.10 Å². The van der Waals surface area contributed by atoms with E-state index in [9.17, 15) is 0 Å².